The van der Waals surface area contributed by atoms with Crippen molar-refractivity contribution in [3.63, 3.8) is 0 Å². The van der Waals surface area contributed by atoms with E-state index >= 15 is 0 Å². The van der Waals surface area contributed by atoms with E-state index in [4.69, 9.17) is 38.3 Å². The minimum absolute atomic E-state index is 0.144. The highest BCUT2D eigenvalue weighted by molar-refractivity contribution is 6.31. The van der Waals surface area contributed by atoms with Crippen LogP contribution >= 0.6 is 23.2 Å². The highest BCUT2D eigenvalue weighted by Gasteiger charge is 2.23. The van der Waals surface area contributed by atoms with E-state index in [1.807, 2.05) is 35.9 Å². The molecule has 7 nitrogen and oxygen atoms in total. The summed E-state index contributed by atoms with van der Waals surface area (Å²) in [6.07, 6.45) is 5.83. The predicted octanol–water partition coefficient (Wildman–Crippen LogP) is 6.32. The number of carbonyl (C=O) groups is 1. The lowest BCUT2D eigenvalue weighted by Gasteiger charge is -2.21. The van der Waals surface area contributed by atoms with Gasteiger partial charge in [-0.3, -0.25) is 4.79 Å². The summed E-state index contributed by atoms with van der Waals surface area (Å²) >= 11 is 12.2. The number of aromatic nitrogens is 4. The number of nitrogens with one attached hydrogen (secondary N) is 2. The molecule has 0 spiro atoms. The van der Waals surface area contributed by atoms with Gasteiger partial charge in [0.05, 0.1) is 16.8 Å². The minimum Gasteiger partial charge on any atom is -0.368 e. The van der Waals surface area contributed by atoms with Crippen molar-refractivity contribution in [1.82, 2.24) is 25.1 Å². The SMILES string of the molecule is Cc1nn(-c2cccc(Cl)c2)c2nc(C3CCCCC3)nc(NCCNC(=O)c3ccc(Cl)cc3)c12. The Morgan fingerprint density at radius 2 is 1.78 bits per heavy atom. The smallest absolute Gasteiger partial charge is 0.251 e. The highest BCUT2D eigenvalue weighted by atomic mass is 35.5. The first-order chi connectivity index (χ1) is 17.5. The van der Waals surface area contributed by atoms with Crippen LogP contribution in [-0.4, -0.2) is 38.7 Å². The zero-order valence-electron chi connectivity index (χ0n) is 20.1. The van der Waals surface area contributed by atoms with Crippen LogP contribution in [0.4, 0.5) is 5.82 Å². The van der Waals surface area contributed by atoms with Gasteiger partial charge in [-0.15, -0.1) is 0 Å². The van der Waals surface area contributed by atoms with Crippen LogP contribution in [0.25, 0.3) is 16.7 Å². The van der Waals surface area contributed by atoms with Gasteiger partial charge in [0.15, 0.2) is 5.65 Å². The maximum absolute atomic E-state index is 12.5. The van der Waals surface area contributed by atoms with Crippen molar-refractivity contribution in [2.45, 2.75) is 44.9 Å². The quantitative estimate of drug-likeness (QED) is 0.277. The molecule has 0 aliphatic heterocycles. The first kappa shape index (κ1) is 24.5. The maximum Gasteiger partial charge on any atom is 0.251 e. The third kappa shape index (κ3) is 5.32. The number of nitrogens with zero attached hydrogens (tertiary/aromatic N) is 4. The molecule has 186 valence electrons. The summed E-state index contributed by atoms with van der Waals surface area (Å²) in [6.45, 7) is 2.91. The minimum atomic E-state index is -0.144. The van der Waals surface area contributed by atoms with E-state index in [0.717, 1.165) is 46.9 Å². The zero-order chi connectivity index (χ0) is 25.1. The zero-order valence-corrected chi connectivity index (χ0v) is 21.6. The summed E-state index contributed by atoms with van der Waals surface area (Å²) < 4.78 is 1.85. The van der Waals surface area contributed by atoms with Crippen LogP contribution in [-0.2, 0) is 0 Å². The lowest BCUT2D eigenvalue weighted by Crippen LogP contribution is -2.29. The van der Waals surface area contributed by atoms with Crippen molar-refractivity contribution in [3.8, 4) is 5.69 Å². The van der Waals surface area contributed by atoms with Gasteiger partial charge in [-0.05, 0) is 62.2 Å². The first-order valence-electron chi connectivity index (χ1n) is 12.3. The van der Waals surface area contributed by atoms with Crippen LogP contribution in [0.2, 0.25) is 10.0 Å². The van der Waals surface area contributed by atoms with Gasteiger partial charge in [-0.2, -0.15) is 5.10 Å². The fraction of sp³-hybridized carbons (Fsp3) is 0.333. The van der Waals surface area contributed by atoms with Crippen LogP contribution in [0.1, 0.15) is 59.9 Å². The average molecular weight is 523 g/mol. The summed E-state index contributed by atoms with van der Waals surface area (Å²) in [5.41, 5.74) is 3.02. The second kappa shape index (κ2) is 10.8. The molecule has 0 radical (unpaired) electrons. The summed E-state index contributed by atoms with van der Waals surface area (Å²) in [5, 5.41) is 13.3. The molecule has 5 rings (SSSR count). The Morgan fingerprint density at radius 3 is 2.53 bits per heavy atom. The second-order valence-corrected chi connectivity index (χ2v) is 10.0. The van der Waals surface area contributed by atoms with E-state index in [2.05, 4.69) is 10.6 Å². The molecular formula is C27H28Cl2N6O. The van der Waals surface area contributed by atoms with Crippen molar-refractivity contribution < 1.29 is 4.79 Å². The van der Waals surface area contributed by atoms with E-state index in [0.29, 0.717) is 34.6 Å². The molecule has 1 aliphatic rings. The molecule has 1 saturated carbocycles. The number of amides is 1. The van der Waals surface area contributed by atoms with Crippen molar-refractivity contribution in [3.05, 3.63) is 75.7 Å². The molecule has 2 N–H and O–H groups in total. The standard InChI is InChI=1S/C27H28Cl2N6O/c1-17-23-25(30-14-15-31-27(36)19-10-12-20(28)13-11-19)32-24(18-6-3-2-4-7-18)33-26(23)35(34-17)22-9-5-8-21(29)16-22/h5,8-13,16,18H,2-4,6-7,14-15H2,1H3,(H,31,36)(H,30,32,33). The van der Waals surface area contributed by atoms with Crippen LogP contribution in [0.15, 0.2) is 48.5 Å². The fourth-order valence-electron chi connectivity index (χ4n) is 4.72. The number of hydrogen-bond donors (Lipinski definition) is 2. The second-order valence-electron chi connectivity index (χ2n) is 9.13. The molecular weight excluding hydrogens is 495 g/mol. The van der Waals surface area contributed by atoms with E-state index < -0.39 is 0 Å². The lowest BCUT2D eigenvalue weighted by molar-refractivity contribution is 0.0955. The van der Waals surface area contributed by atoms with E-state index in [1.54, 1.807) is 24.3 Å². The molecule has 36 heavy (non-hydrogen) atoms. The van der Waals surface area contributed by atoms with Crippen LogP contribution in [0, 0.1) is 6.92 Å². The van der Waals surface area contributed by atoms with Gasteiger partial charge < -0.3 is 10.6 Å². The van der Waals surface area contributed by atoms with E-state index in [9.17, 15) is 4.79 Å². The molecule has 2 heterocycles. The lowest BCUT2D eigenvalue weighted by atomic mass is 9.88. The Morgan fingerprint density at radius 1 is 1.00 bits per heavy atom. The van der Waals surface area contributed by atoms with Crippen molar-refractivity contribution in [1.29, 1.82) is 0 Å². The predicted molar refractivity (Wildman–Crippen MR) is 145 cm³/mol. The number of carbonyl (C=O) groups excluding carboxylic acids is 1. The Kier molecular flexibility index (Phi) is 7.39. The number of halogens is 2. The van der Waals surface area contributed by atoms with Gasteiger partial charge in [0.2, 0.25) is 0 Å². The number of benzene rings is 2. The maximum atomic E-state index is 12.5. The molecule has 0 bridgehead atoms. The molecule has 0 saturated heterocycles. The summed E-state index contributed by atoms with van der Waals surface area (Å²) in [7, 11) is 0. The van der Waals surface area contributed by atoms with Crippen molar-refractivity contribution >= 4 is 46.0 Å². The monoisotopic (exact) mass is 522 g/mol. The number of fused-ring (bicyclic) bond motifs is 1. The average Bonchev–Trinajstić information content (AvgIpc) is 3.24. The van der Waals surface area contributed by atoms with E-state index in [-0.39, 0.29) is 5.91 Å². The van der Waals surface area contributed by atoms with Gasteiger partial charge >= 0.3 is 0 Å². The Balaban J connectivity index is 1.42. The van der Waals surface area contributed by atoms with Gasteiger partial charge in [-0.1, -0.05) is 48.5 Å². The fourth-order valence-corrected chi connectivity index (χ4v) is 5.03. The highest BCUT2D eigenvalue weighted by Crippen LogP contribution is 2.34. The molecule has 1 amide bonds. The van der Waals surface area contributed by atoms with Crippen LogP contribution in [0.3, 0.4) is 0 Å². The van der Waals surface area contributed by atoms with Crippen molar-refractivity contribution in [2.24, 2.45) is 0 Å². The molecule has 2 aromatic carbocycles. The number of aryl methyl sites for hydroxylation is 1. The Bertz CT molecular complexity index is 1380. The topological polar surface area (TPSA) is 84.7 Å². The Hall–Kier alpha value is -3.16. The molecule has 0 unspecified atom stereocenters. The normalized spacial score (nSPS) is 14.2. The number of hydrogen-bond acceptors (Lipinski definition) is 5. The largest absolute Gasteiger partial charge is 0.368 e. The van der Waals surface area contributed by atoms with Gasteiger partial charge in [0.1, 0.15) is 11.6 Å². The first-order valence-corrected chi connectivity index (χ1v) is 13.1. The molecule has 1 fully saturated rings. The van der Waals surface area contributed by atoms with Gasteiger partial charge in [-0.25, -0.2) is 14.6 Å². The summed E-state index contributed by atoms with van der Waals surface area (Å²) in [4.78, 5) is 22.4. The summed E-state index contributed by atoms with van der Waals surface area (Å²) in [5.74, 6) is 1.77. The van der Waals surface area contributed by atoms with Crippen LogP contribution in [0.5, 0.6) is 0 Å². The third-order valence-corrected chi connectivity index (χ3v) is 7.04. The van der Waals surface area contributed by atoms with Crippen LogP contribution < -0.4 is 10.6 Å². The molecule has 1 aliphatic carbocycles. The van der Waals surface area contributed by atoms with Gasteiger partial charge in [0, 0.05) is 34.6 Å². The number of rotatable bonds is 7. The Labute approximate surface area is 220 Å². The van der Waals surface area contributed by atoms with Crippen molar-refractivity contribution in [2.75, 3.05) is 18.4 Å². The number of anilines is 1. The molecule has 9 heteroatoms. The summed E-state index contributed by atoms with van der Waals surface area (Å²) in [6, 6.07) is 14.4. The molecule has 4 aromatic rings. The molecule has 2 aromatic heterocycles. The van der Waals surface area contributed by atoms with Gasteiger partial charge in [0.25, 0.3) is 5.91 Å². The third-order valence-electron chi connectivity index (χ3n) is 6.55. The van der Waals surface area contributed by atoms with E-state index in [1.165, 1.54) is 19.3 Å². The molecule has 0 atom stereocenters.